The van der Waals surface area contributed by atoms with E-state index in [1.54, 1.807) is 7.11 Å². The van der Waals surface area contributed by atoms with Crippen molar-refractivity contribution in [1.82, 2.24) is 10.2 Å². The van der Waals surface area contributed by atoms with Gasteiger partial charge in [-0.25, -0.2) is 0 Å². The predicted molar refractivity (Wildman–Crippen MR) is 73.7 cm³/mol. The van der Waals surface area contributed by atoms with Crippen LogP contribution in [-0.4, -0.2) is 58.0 Å². The molecule has 1 saturated heterocycles. The van der Waals surface area contributed by atoms with Gasteiger partial charge in [-0.2, -0.15) is 0 Å². The largest absolute Gasteiger partial charge is 0.383 e. The van der Waals surface area contributed by atoms with Crippen molar-refractivity contribution in [2.45, 2.75) is 32.1 Å². The van der Waals surface area contributed by atoms with E-state index >= 15 is 0 Å². The summed E-state index contributed by atoms with van der Waals surface area (Å²) >= 11 is 0. The summed E-state index contributed by atoms with van der Waals surface area (Å²) in [7, 11) is 1.74. The lowest BCUT2D eigenvalue weighted by Gasteiger charge is -2.32. The summed E-state index contributed by atoms with van der Waals surface area (Å²) < 4.78 is 17.0. The highest BCUT2D eigenvalue weighted by atomic mass is 19.1. The summed E-state index contributed by atoms with van der Waals surface area (Å²) in [5, 5.41) is 3.45. The Balaban J connectivity index is 2.04. The molecule has 1 fully saturated rings. The van der Waals surface area contributed by atoms with Crippen LogP contribution >= 0.6 is 0 Å². The first-order valence-corrected chi connectivity index (χ1v) is 7.34. The molecule has 1 heterocycles. The number of piperidine rings is 1. The Bertz CT molecular complexity index is 175. The van der Waals surface area contributed by atoms with Gasteiger partial charge in [0.25, 0.3) is 0 Å². The second-order valence-electron chi connectivity index (χ2n) is 5.26. The Morgan fingerprint density at radius 3 is 3.00 bits per heavy atom. The van der Waals surface area contributed by atoms with Crippen LogP contribution in [0.15, 0.2) is 0 Å². The van der Waals surface area contributed by atoms with E-state index in [0.717, 1.165) is 51.4 Å². The van der Waals surface area contributed by atoms with Crippen LogP contribution in [-0.2, 0) is 4.74 Å². The van der Waals surface area contributed by atoms with Crippen molar-refractivity contribution in [3.63, 3.8) is 0 Å². The zero-order valence-corrected chi connectivity index (χ0v) is 11.8. The molecule has 108 valence electrons. The zero-order chi connectivity index (χ0) is 13.1. The molecular formula is C14H29FN2O. The minimum Gasteiger partial charge on any atom is -0.383 e. The fourth-order valence-electron chi connectivity index (χ4n) is 2.61. The Kier molecular flexibility index (Phi) is 9.44. The van der Waals surface area contributed by atoms with Gasteiger partial charge in [-0.05, 0) is 57.7 Å². The number of nitrogens with one attached hydrogen (secondary N) is 1. The molecule has 0 aromatic rings. The summed E-state index contributed by atoms with van der Waals surface area (Å²) in [4.78, 5) is 2.55. The first-order valence-electron chi connectivity index (χ1n) is 7.34. The van der Waals surface area contributed by atoms with Gasteiger partial charge in [0.15, 0.2) is 0 Å². The zero-order valence-electron chi connectivity index (χ0n) is 11.8. The van der Waals surface area contributed by atoms with Gasteiger partial charge in [0.05, 0.1) is 13.3 Å². The Morgan fingerprint density at radius 2 is 2.22 bits per heavy atom. The quantitative estimate of drug-likeness (QED) is 0.609. The normalized spacial score (nSPS) is 21.3. The number of unbranched alkanes of at least 4 members (excludes halogenated alkanes) is 2. The second kappa shape index (κ2) is 10.7. The number of alkyl halides is 1. The highest BCUT2D eigenvalue weighted by Crippen LogP contribution is 2.16. The lowest BCUT2D eigenvalue weighted by atomic mass is 9.97. The fourth-order valence-corrected chi connectivity index (χ4v) is 2.61. The molecule has 0 aromatic heterocycles. The van der Waals surface area contributed by atoms with Crippen LogP contribution in [0.3, 0.4) is 0 Å². The third kappa shape index (κ3) is 7.29. The molecule has 1 aliphatic heterocycles. The third-order valence-electron chi connectivity index (χ3n) is 3.63. The van der Waals surface area contributed by atoms with Crippen molar-refractivity contribution in [1.29, 1.82) is 0 Å². The molecule has 1 aliphatic rings. The van der Waals surface area contributed by atoms with E-state index in [9.17, 15) is 4.39 Å². The highest BCUT2D eigenvalue weighted by molar-refractivity contribution is 4.74. The summed E-state index contributed by atoms with van der Waals surface area (Å²) in [6.07, 6.45) is 5.55. The average Bonchev–Trinajstić information content (AvgIpc) is 2.40. The van der Waals surface area contributed by atoms with Crippen molar-refractivity contribution in [2.75, 3.05) is 53.1 Å². The van der Waals surface area contributed by atoms with Gasteiger partial charge >= 0.3 is 0 Å². The van der Waals surface area contributed by atoms with Crippen LogP contribution in [0.4, 0.5) is 4.39 Å². The lowest BCUT2D eigenvalue weighted by Crippen LogP contribution is -2.40. The van der Waals surface area contributed by atoms with Gasteiger partial charge in [0.2, 0.25) is 0 Å². The SMILES string of the molecule is COCCNCC1CCCN(CCCCCF)C1. The lowest BCUT2D eigenvalue weighted by molar-refractivity contribution is 0.162. The number of likely N-dealkylation sites (tertiary alicyclic amines) is 1. The Labute approximate surface area is 111 Å². The van der Waals surface area contributed by atoms with Crippen LogP contribution in [0.2, 0.25) is 0 Å². The summed E-state index contributed by atoms with van der Waals surface area (Å²) in [5.74, 6) is 0.775. The molecule has 0 radical (unpaired) electrons. The van der Waals surface area contributed by atoms with E-state index in [2.05, 4.69) is 10.2 Å². The molecule has 0 aliphatic carbocycles. The Morgan fingerprint density at radius 1 is 1.33 bits per heavy atom. The number of rotatable bonds is 10. The number of ether oxygens (including phenoxy) is 1. The van der Waals surface area contributed by atoms with E-state index in [0.29, 0.717) is 0 Å². The second-order valence-corrected chi connectivity index (χ2v) is 5.26. The van der Waals surface area contributed by atoms with Crippen LogP contribution in [0.25, 0.3) is 0 Å². The minimum atomic E-state index is -0.161. The number of hydrogen-bond acceptors (Lipinski definition) is 3. The van der Waals surface area contributed by atoms with Gasteiger partial charge in [0.1, 0.15) is 0 Å². The van der Waals surface area contributed by atoms with Gasteiger partial charge in [-0.1, -0.05) is 0 Å². The fraction of sp³-hybridized carbons (Fsp3) is 1.00. The molecule has 1 unspecified atom stereocenters. The Hall–Kier alpha value is -0.190. The number of methoxy groups -OCH3 is 1. The van der Waals surface area contributed by atoms with E-state index in [-0.39, 0.29) is 6.67 Å². The van der Waals surface area contributed by atoms with Crippen LogP contribution < -0.4 is 5.32 Å². The van der Waals surface area contributed by atoms with Crippen molar-refractivity contribution in [3.8, 4) is 0 Å². The van der Waals surface area contributed by atoms with Crippen molar-refractivity contribution >= 4 is 0 Å². The molecule has 1 atom stereocenters. The van der Waals surface area contributed by atoms with Crippen molar-refractivity contribution < 1.29 is 9.13 Å². The predicted octanol–water partition coefficient (Wildman–Crippen LogP) is 2.07. The first-order chi connectivity index (χ1) is 8.86. The highest BCUT2D eigenvalue weighted by Gasteiger charge is 2.18. The van der Waals surface area contributed by atoms with Crippen molar-refractivity contribution in [2.24, 2.45) is 5.92 Å². The molecule has 0 saturated carbocycles. The maximum absolute atomic E-state index is 12.0. The maximum Gasteiger partial charge on any atom is 0.0894 e. The van der Waals surface area contributed by atoms with E-state index in [1.807, 2.05) is 0 Å². The van der Waals surface area contributed by atoms with Gasteiger partial charge in [-0.3, -0.25) is 4.39 Å². The van der Waals surface area contributed by atoms with Gasteiger partial charge < -0.3 is 15.0 Å². The molecule has 0 spiro atoms. The molecule has 3 nitrogen and oxygen atoms in total. The molecule has 1 rings (SSSR count). The summed E-state index contributed by atoms with van der Waals surface area (Å²) in [6.45, 7) is 6.26. The maximum atomic E-state index is 12.0. The van der Waals surface area contributed by atoms with Gasteiger partial charge in [-0.15, -0.1) is 0 Å². The monoisotopic (exact) mass is 260 g/mol. The summed E-state index contributed by atoms with van der Waals surface area (Å²) in [6, 6.07) is 0. The van der Waals surface area contributed by atoms with Crippen LogP contribution in [0.1, 0.15) is 32.1 Å². The van der Waals surface area contributed by atoms with E-state index < -0.39 is 0 Å². The smallest absolute Gasteiger partial charge is 0.0894 e. The van der Waals surface area contributed by atoms with Crippen molar-refractivity contribution in [3.05, 3.63) is 0 Å². The molecule has 0 aromatic carbocycles. The molecule has 1 N–H and O–H groups in total. The number of nitrogens with zero attached hydrogens (tertiary/aromatic N) is 1. The van der Waals surface area contributed by atoms with E-state index in [4.69, 9.17) is 4.74 Å². The molecule has 4 heteroatoms. The molecular weight excluding hydrogens is 231 g/mol. The number of hydrogen-bond donors (Lipinski definition) is 1. The standard InChI is InChI=1S/C14H29FN2O/c1-18-11-8-16-12-14-6-5-10-17(13-14)9-4-2-3-7-15/h14,16H,2-13H2,1H3. The minimum absolute atomic E-state index is 0.161. The molecule has 0 bridgehead atoms. The first kappa shape index (κ1) is 15.9. The topological polar surface area (TPSA) is 24.5 Å². The summed E-state index contributed by atoms with van der Waals surface area (Å²) in [5.41, 5.74) is 0. The molecule has 0 amide bonds. The van der Waals surface area contributed by atoms with Gasteiger partial charge in [0, 0.05) is 20.2 Å². The molecule has 18 heavy (non-hydrogen) atoms. The van der Waals surface area contributed by atoms with E-state index in [1.165, 1.54) is 25.9 Å². The van der Waals surface area contributed by atoms with Crippen LogP contribution in [0.5, 0.6) is 0 Å². The third-order valence-corrected chi connectivity index (χ3v) is 3.63. The number of halogens is 1. The average molecular weight is 260 g/mol. The van der Waals surface area contributed by atoms with Crippen LogP contribution in [0, 0.1) is 5.92 Å².